The van der Waals surface area contributed by atoms with Gasteiger partial charge in [0, 0.05) is 0 Å². The van der Waals surface area contributed by atoms with Gasteiger partial charge in [-0.05, 0) is 0 Å². The minimum absolute atomic E-state index is 0.340. The fourth-order valence-electron chi connectivity index (χ4n) is 0.234. The summed E-state index contributed by atoms with van der Waals surface area (Å²) in [4.78, 5) is 10.2. The smallest absolute Gasteiger partial charge is 0.248 e. The predicted octanol–water partition coefficient (Wildman–Crippen LogP) is -0.699. The van der Waals surface area contributed by atoms with E-state index in [1.54, 1.807) is 4.72 Å². The first kappa shape index (κ1) is 8.71. The molecule has 0 unspecified atom stereocenters. The van der Waals surface area contributed by atoms with E-state index in [1.807, 2.05) is 0 Å². The quantitative estimate of drug-likeness (QED) is 0.559. The van der Waals surface area contributed by atoms with Crippen LogP contribution in [0.25, 0.3) is 0 Å². The number of amides is 1. The highest BCUT2D eigenvalue weighted by molar-refractivity contribution is 7.89. The molecule has 4 nitrogen and oxygen atoms in total. The number of rotatable bonds is 2. The molecule has 0 aromatic carbocycles. The molecule has 6 heteroatoms. The van der Waals surface area contributed by atoms with Crippen LogP contribution in [0.1, 0.15) is 0 Å². The van der Waals surface area contributed by atoms with E-state index in [9.17, 15) is 13.2 Å². The predicted molar refractivity (Wildman–Crippen MR) is 33.7 cm³/mol. The van der Waals surface area contributed by atoms with E-state index in [0.29, 0.717) is 0 Å². The van der Waals surface area contributed by atoms with Crippen LogP contribution >= 0.6 is 11.6 Å². The lowest BCUT2D eigenvalue weighted by Crippen LogP contribution is -2.30. The third-order valence-electron chi connectivity index (χ3n) is 0.421. The summed E-state index contributed by atoms with van der Waals surface area (Å²) in [6.45, 7) is 0. The van der Waals surface area contributed by atoms with Crippen molar-refractivity contribution >= 4 is 27.5 Å². The Morgan fingerprint density at radius 3 is 2.22 bits per heavy atom. The maximum atomic E-state index is 10.2. The fraction of sp³-hybridized carbons (Fsp3) is 0.667. The van der Waals surface area contributed by atoms with E-state index < -0.39 is 15.9 Å². The number of hydrogen-bond donors (Lipinski definition) is 1. The Labute approximate surface area is 58.2 Å². The second kappa shape index (κ2) is 3.03. The monoisotopic (exact) mass is 171 g/mol. The van der Waals surface area contributed by atoms with Gasteiger partial charge < -0.3 is 0 Å². The zero-order chi connectivity index (χ0) is 7.49. The Bertz CT molecular complexity index is 197. The minimum atomic E-state index is -3.42. The number of alkyl halides is 1. The largest absolute Gasteiger partial charge is 0.273 e. The van der Waals surface area contributed by atoms with Crippen LogP contribution in [0.5, 0.6) is 0 Å². The highest BCUT2D eigenvalue weighted by atomic mass is 35.5. The first-order valence-electron chi connectivity index (χ1n) is 2.02. The zero-order valence-electron chi connectivity index (χ0n) is 4.72. The lowest BCUT2D eigenvalue weighted by molar-refractivity contribution is -0.116. The summed E-state index contributed by atoms with van der Waals surface area (Å²) in [5.74, 6) is -1.05. The number of carbonyl (C=O) groups is 1. The normalized spacial score (nSPS) is 10.9. The van der Waals surface area contributed by atoms with Gasteiger partial charge >= 0.3 is 0 Å². The van der Waals surface area contributed by atoms with Crippen molar-refractivity contribution < 1.29 is 13.2 Å². The molecule has 9 heavy (non-hydrogen) atoms. The number of carbonyl (C=O) groups excluding carboxylic acids is 1. The van der Waals surface area contributed by atoms with Crippen LogP contribution in [0.2, 0.25) is 0 Å². The fourth-order valence-corrected chi connectivity index (χ4v) is 0.866. The lowest BCUT2D eigenvalue weighted by Gasteiger charge is -1.95. The molecular weight excluding hydrogens is 166 g/mol. The van der Waals surface area contributed by atoms with Crippen LogP contribution in [0.15, 0.2) is 0 Å². The number of nitrogens with one attached hydrogen (secondary N) is 1. The van der Waals surface area contributed by atoms with Crippen LogP contribution < -0.4 is 4.72 Å². The van der Waals surface area contributed by atoms with Crippen LogP contribution in [0.3, 0.4) is 0 Å². The third kappa shape index (κ3) is 5.58. The lowest BCUT2D eigenvalue weighted by atomic mass is 10.8. The second-order valence-electron chi connectivity index (χ2n) is 1.43. The second-order valence-corrected chi connectivity index (χ2v) is 3.45. The minimum Gasteiger partial charge on any atom is -0.273 e. The summed E-state index contributed by atoms with van der Waals surface area (Å²) in [6.07, 6.45) is 0.886. The van der Waals surface area contributed by atoms with Crippen molar-refractivity contribution in [3.63, 3.8) is 0 Å². The molecule has 0 aromatic rings. The topological polar surface area (TPSA) is 63.2 Å². The van der Waals surface area contributed by atoms with Crippen molar-refractivity contribution in [2.45, 2.75) is 0 Å². The first-order valence-corrected chi connectivity index (χ1v) is 4.45. The van der Waals surface area contributed by atoms with Gasteiger partial charge in [-0.15, -0.1) is 11.6 Å². The number of halogens is 1. The molecule has 0 aliphatic rings. The van der Waals surface area contributed by atoms with Crippen molar-refractivity contribution in [1.82, 2.24) is 4.72 Å². The molecule has 0 radical (unpaired) electrons. The third-order valence-corrected chi connectivity index (χ3v) is 1.26. The average molecular weight is 172 g/mol. The molecule has 0 heterocycles. The molecule has 0 atom stereocenters. The molecule has 1 amide bonds. The van der Waals surface area contributed by atoms with E-state index >= 15 is 0 Å². The maximum absolute atomic E-state index is 10.2. The van der Waals surface area contributed by atoms with Crippen LogP contribution in [0, 0.1) is 0 Å². The molecule has 0 rings (SSSR count). The number of hydrogen-bond acceptors (Lipinski definition) is 3. The highest BCUT2D eigenvalue weighted by Gasteiger charge is 2.04. The SMILES string of the molecule is CS(=O)(=O)NC(=O)CCl. The van der Waals surface area contributed by atoms with Crippen molar-refractivity contribution in [2.24, 2.45) is 0 Å². The van der Waals surface area contributed by atoms with Crippen molar-refractivity contribution in [3.8, 4) is 0 Å². The van der Waals surface area contributed by atoms with Gasteiger partial charge in [0.15, 0.2) is 0 Å². The molecule has 0 fully saturated rings. The summed E-state index contributed by atoms with van der Waals surface area (Å²) in [5, 5.41) is 0. The molecule has 0 saturated carbocycles. The molecule has 0 saturated heterocycles. The molecule has 0 aromatic heterocycles. The van der Waals surface area contributed by atoms with Gasteiger partial charge in [-0.25, -0.2) is 8.42 Å². The summed E-state index contributed by atoms with van der Waals surface area (Å²) in [7, 11) is -3.42. The van der Waals surface area contributed by atoms with Crippen molar-refractivity contribution in [3.05, 3.63) is 0 Å². The number of sulfonamides is 1. The van der Waals surface area contributed by atoms with Gasteiger partial charge in [0.2, 0.25) is 15.9 Å². The summed E-state index contributed by atoms with van der Waals surface area (Å²) < 4.78 is 22.1. The molecule has 0 spiro atoms. The Hall–Kier alpha value is -0.290. The van der Waals surface area contributed by atoms with E-state index in [4.69, 9.17) is 11.6 Å². The van der Waals surface area contributed by atoms with E-state index in [-0.39, 0.29) is 5.88 Å². The Morgan fingerprint density at radius 2 is 2.11 bits per heavy atom. The summed E-state index contributed by atoms with van der Waals surface area (Å²) >= 11 is 4.98. The van der Waals surface area contributed by atoms with Gasteiger partial charge in [-0.2, -0.15) is 0 Å². The summed E-state index contributed by atoms with van der Waals surface area (Å²) in [5.41, 5.74) is 0. The maximum Gasteiger partial charge on any atom is 0.248 e. The zero-order valence-corrected chi connectivity index (χ0v) is 6.29. The van der Waals surface area contributed by atoms with Gasteiger partial charge in [0.25, 0.3) is 0 Å². The van der Waals surface area contributed by atoms with E-state index in [2.05, 4.69) is 0 Å². The Kier molecular flexibility index (Phi) is 2.93. The Balaban J connectivity index is 3.91. The van der Waals surface area contributed by atoms with Crippen LogP contribution in [-0.4, -0.2) is 26.5 Å². The molecule has 54 valence electrons. The van der Waals surface area contributed by atoms with Crippen LogP contribution in [0.4, 0.5) is 0 Å². The molecule has 0 bridgehead atoms. The first-order chi connectivity index (χ1) is 3.95. The van der Waals surface area contributed by atoms with Gasteiger partial charge in [-0.1, -0.05) is 0 Å². The van der Waals surface area contributed by atoms with E-state index in [0.717, 1.165) is 6.26 Å². The molecule has 1 N–H and O–H groups in total. The van der Waals surface area contributed by atoms with Gasteiger partial charge in [0.1, 0.15) is 5.88 Å². The Morgan fingerprint density at radius 1 is 1.67 bits per heavy atom. The molecule has 0 aliphatic heterocycles. The highest BCUT2D eigenvalue weighted by Crippen LogP contribution is 1.77. The van der Waals surface area contributed by atoms with Gasteiger partial charge in [-0.3, -0.25) is 9.52 Å². The molecule has 0 aliphatic carbocycles. The van der Waals surface area contributed by atoms with Crippen LogP contribution in [-0.2, 0) is 14.8 Å². The van der Waals surface area contributed by atoms with E-state index in [1.165, 1.54) is 0 Å². The van der Waals surface area contributed by atoms with Gasteiger partial charge in [0.05, 0.1) is 6.26 Å². The van der Waals surface area contributed by atoms with Crippen molar-refractivity contribution in [1.29, 1.82) is 0 Å². The standard InChI is InChI=1S/C3H6ClNO3S/c1-9(7,8)5-3(6)2-4/h2H2,1H3,(H,5,6). The average Bonchev–Trinajstić information content (AvgIpc) is 1.62. The molecular formula is C3H6ClNO3S. The summed E-state index contributed by atoms with van der Waals surface area (Å²) in [6, 6.07) is 0. The van der Waals surface area contributed by atoms with Crippen molar-refractivity contribution in [2.75, 3.05) is 12.1 Å².